The van der Waals surface area contributed by atoms with Crippen molar-refractivity contribution in [3.05, 3.63) is 45.6 Å². The van der Waals surface area contributed by atoms with Gasteiger partial charge in [-0.2, -0.15) is 4.98 Å². The van der Waals surface area contributed by atoms with Crippen molar-refractivity contribution in [2.45, 2.75) is 18.1 Å². The van der Waals surface area contributed by atoms with Crippen molar-refractivity contribution in [1.82, 2.24) is 14.8 Å². The van der Waals surface area contributed by atoms with Gasteiger partial charge in [0.1, 0.15) is 6.04 Å². The molecule has 1 aromatic carbocycles. The fourth-order valence-corrected chi connectivity index (χ4v) is 3.34. The van der Waals surface area contributed by atoms with E-state index in [1.54, 1.807) is 4.68 Å². The van der Waals surface area contributed by atoms with Gasteiger partial charge in [0.2, 0.25) is 11.1 Å². The van der Waals surface area contributed by atoms with Crippen LogP contribution in [-0.4, -0.2) is 34.1 Å². The number of thioether (sulfide) groups is 1. The fourth-order valence-electron chi connectivity index (χ4n) is 2.58. The molecule has 0 spiro atoms. The van der Waals surface area contributed by atoms with Crippen LogP contribution in [0.5, 0.6) is 0 Å². The zero-order valence-electron chi connectivity index (χ0n) is 12.8. The van der Waals surface area contributed by atoms with Crippen LogP contribution in [0.2, 0.25) is 0 Å². The molecule has 2 aromatic rings. The molecule has 1 N–H and O–H groups in total. The van der Waals surface area contributed by atoms with Crippen molar-refractivity contribution < 1.29 is 9.53 Å². The molecule has 0 radical (unpaired) electrons. The molecule has 1 atom stereocenters. The van der Waals surface area contributed by atoms with E-state index in [-0.39, 0.29) is 12.0 Å². The molecule has 1 unspecified atom stereocenters. The van der Waals surface area contributed by atoms with Gasteiger partial charge in [0, 0.05) is 10.2 Å². The third kappa shape index (κ3) is 2.88. The number of esters is 1. The Morgan fingerprint density at radius 1 is 1.48 bits per heavy atom. The highest BCUT2D eigenvalue weighted by Gasteiger charge is 2.34. The molecule has 8 heteroatoms. The Hall–Kier alpha value is -1.80. The van der Waals surface area contributed by atoms with Gasteiger partial charge in [-0.1, -0.05) is 39.8 Å². The number of carbonyl (C=O) groups is 1. The highest BCUT2D eigenvalue weighted by Crippen LogP contribution is 2.37. The normalized spacial score (nSPS) is 16.8. The van der Waals surface area contributed by atoms with E-state index in [1.807, 2.05) is 37.4 Å². The number of hydrogen-bond donors (Lipinski definition) is 1. The molecular weight excluding hydrogens is 380 g/mol. The quantitative estimate of drug-likeness (QED) is 0.636. The predicted octanol–water partition coefficient (Wildman–Crippen LogP) is 3.22. The molecule has 0 aliphatic carbocycles. The minimum absolute atomic E-state index is 0.383. The highest BCUT2D eigenvalue weighted by molar-refractivity contribution is 9.10. The summed E-state index contributed by atoms with van der Waals surface area (Å²) in [5.41, 5.74) is 2.17. The van der Waals surface area contributed by atoms with Gasteiger partial charge < -0.3 is 10.1 Å². The molecule has 0 amide bonds. The number of nitrogens with one attached hydrogen (secondary N) is 1. The molecule has 0 saturated carbocycles. The van der Waals surface area contributed by atoms with Gasteiger partial charge in [0.05, 0.1) is 12.7 Å². The van der Waals surface area contributed by atoms with Gasteiger partial charge >= 0.3 is 5.97 Å². The topological polar surface area (TPSA) is 69.0 Å². The number of methoxy groups -OCH3 is 1. The Balaban J connectivity index is 2.21. The van der Waals surface area contributed by atoms with Gasteiger partial charge in [-0.15, -0.1) is 5.10 Å². The summed E-state index contributed by atoms with van der Waals surface area (Å²) in [5.74, 6) is 0.233. The van der Waals surface area contributed by atoms with Crippen molar-refractivity contribution in [2.24, 2.45) is 0 Å². The smallest absolute Gasteiger partial charge is 0.338 e. The molecule has 1 aromatic heterocycles. The molecule has 120 valence electrons. The first kappa shape index (κ1) is 16.1. The number of nitrogens with zero attached hydrogens (tertiary/aromatic N) is 3. The minimum atomic E-state index is -0.385. The van der Waals surface area contributed by atoms with Crippen LogP contribution in [0, 0.1) is 0 Å². The van der Waals surface area contributed by atoms with Crippen LogP contribution in [0.4, 0.5) is 5.95 Å². The lowest BCUT2D eigenvalue weighted by molar-refractivity contribution is -0.136. The number of rotatable bonds is 3. The zero-order chi connectivity index (χ0) is 16.6. The second-order valence-electron chi connectivity index (χ2n) is 4.98. The zero-order valence-corrected chi connectivity index (χ0v) is 15.2. The number of halogens is 1. The second kappa shape index (κ2) is 6.37. The molecule has 3 rings (SSSR count). The van der Waals surface area contributed by atoms with Gasteiger partial charge in [-0.3, -0.25) is 0 Å². The molecule has 0 saturated heterocycles. The van der Waals surface area contributed by atoms with Gasteiger partial charge in [0.25, 0.3) is 0 Å². The number of benzene rings is 1. The molecule has 1 aliphatic rings. The van der Waals surface area contributed by atoms with E-state index in [0.29, 0.717) is 16.7 Å². The largest absolute Gasteiger partial charge is 0.466 e. The summed E-state index contributed by atoms with van der Waals surface area (Å²) in [6, 6.07) is 7.41. The van der Waals surface area contributed by atoms with Crippen molar-refractivity contribution in [2.75, 3.05) is 18.7 Å². The first-order chi connectivity index (χ1) is 11.0. The molecular formula is C15H15BrN4O2S. The third-order valence-corrected chi connectivity index (χ3v) is 4.62. The average molecular weight is 395 g/mol. The maximum absolute atomic E-state index is 12.3. The number of hydrogen-bond acceptors (Lipinski definition) is 6. The van der Waals surface area contributed by atoms with E-state index in [1.165, 1.54) is 18.9 Å². The molecule has 6 nitrogen and oxygen atoms in total. The van der Waals surface area contributed by atoms with E-state index < -0.39 is 0 Å². The fraction of sp³-hybridized carbons (Fsp3) is 0.267. The van der Waals surface area contributed by atoms with Crippen LogP contribution in [0.3, 0.4) is 0 Å². The maximum atomic E-state index is 12.3. The standard InChI is InChI=1S/C15H15BrN4O2S/c1-8-11(13(21)22-2)12(9-5-4-6-10(16)7-9)20-14(17-8)18-15(19-20)23-3/h4-7,12H,1-3H3,(H,17,18,19). The highest BCUT2D eigenvalue weighted by atomic mass is 79.9. The Morgan fingerprint density at radius 2 is 2.26 bits per heavy atom. The van der Waals surface area contributed by atoms with E-state index in [2.05, 4.69) is 31.3 Å². The Labute approximate surface area is 146 Å². The lowest BCUT2D eigenvalue weighted by Gasteiger charge is -2.27. The third-order valence-electron chi connectivity index (χ3n) is 3.59. The number of carbonyl (C=O) groups excluding carboxylic acids is 1. The van der Waals surface area contributed by atoms with Crippen LogP contribution in [-0.2, 0) is 9.53 Å². The lowest BCUT2D eigenvalue weighted by atomic mass is 9.96. The minimum Gasteiger partial charge on any atom is -0.466 e. The summed E-state index contributed by atoms with van der Waals surface area (Å²) in [6.45, 7) is 1.84. The number of ether oxygens (including phenoxy) is 1. The van der Waals surface area contributed by atoms with Crippen LogP contribution in [0.15, 0.2) is 45.2 Å². The van der Waals surface area contributed by atoms with E-state index in [0.717, 1.165) is 15.7 Å². The number of aromatic nitrogens is 3. The van der Waals surface area contributed by atoms with Crippen LogP contribution >= 0.6 is 27.7 Å². The molecule has 1 aliphatic heterocycles. The average Bonchev–Trinajstić information content (AvgIpc) is 2.95. The first-order valence-electron chi connectivity index (χ1n) is 6.87. The number of fused-ring (bicyclic) bond motifs is 1. The van der Waals surface area contributed by atoms with Gasteiger partial charge in [-0.25, -0.2) is 9.48 Å². The van der Waals surface area contributed by atoms with Gasteiger partial charge in [0.15, 0.2) is 0 Å². The van der Waals surface area contributed by atoms with Gasteiger partial charge in [-0.05, 0) is 30.9 Å². The Kier molecular flexibility index (Phi) is 4.45. The lowest BCUT2D eigenvalue weighted by Crippen LogP contribution is -2.29. The summed E-state index contributed by atoms with van der Waals surface area (Å²) in [4.78, 5) is 16.8. The maximum Gasteiger partial charge on any atom is 0.338 e. The van der Waals surface area contributed by atoms with Crippen molar-refractivity contribution in [3.8, 4) is 0 Å². The van der Waals surface area contributed by atoms with Crippen molar-refractivity contribution in [1.29, 1.82) is 0 Å². The van der Waals surface area contributed by atoms with Crippen LogP contribution in [0.25, 0.3) is 0 Å². The van der Waals surface area contributed by atoms with Crippen molar-refractivity contribution in [3.63, 3.8) is 0 Å². The summed E-state index contributed by atoms with van der Waals surface area (Å²) >= 11 is 4.93. The summed E-state index contributed by atoms with van der Waals surface area (Å²) in [5, 5.41) is 8.29. The summed E-state index contributed by atoms with van der Waals surface area (Å²) in [7, 11) is 1.38. The predicted molar refractivity (Wildman–Crippen MR) is 92.4 cm³/mol. The molecule has 2 heterocycles. The molecule has 0 bridgehead atoms. The summed E-state index contributed by atoms with van der Waals surface area (Å²) < 4.78 is 7.64. The SMILES string of the molecule is COC(=O)C1=C(C)Nc2nc(SC)nn2C1c1cccc(Br)c1. The second-order valence-corrected chi connectivity index (χ2v) is 6.67. The van der Waals surface area contributed by atoms with Crippen LogP contribution in [0.1, 0.15) is 18.5 Å². The first-order valence-corrected chi connectivity index (χ1v) is 8.89. The summed E-state index contributed by atoms with van der Waals surface area (Å²) in [6.07, 6.45) is 1.91. The van der Waals surface area contributed by atoms with E-state index >= 15 is 0 Å². The Morgan fingerprint density at radius 3 is 2.91 bits per heavy atom. The number of allylic oxidation sites excluding steroid dienone is 1. The van der Waals surface area contributed by atoms with E-state index in [4.69, 9.17) is 4.74 Å². The van der Waals surface area contributed by atoms with E-state index in [9.17, 15) is 4.79 Å². The van der Waals surface area contributed by atoms with Crippen LogP contribution < -0.4 is 5.32 Å². The Bertz CT molecular complexity index is 803. The molecule has 23 heavy (non-hydrogen) atoms. The molecule has 0 fully saturated rings. The number of anilines is 1. The van der Waals surface area contributed by atoms with Crippen molar-refractivity contribution >= 4 is 39.6 Å². The monoisotopic (exact) mass is 394 g/mol.